The lowest BCUT2D eigenvalue weighted by molar-refractivity contribution is 0.0815. The minimum atomic E-state index is -0.508. The molecule has 220 valence electrons. The molecule has 42 heavy (non-hydrogen) atoms. The summed E-state index contributed by atoms with van der Waals surface area (Å²) in [7, 11) is 3.54. The van der Waals surface area contributed by atoms with Crippen LogP contribution in [0.1, 0.15) is 54.7 Å². The van der Waals surface area contributed by atoms with E-state index in [-0.39, 0.29) is 17.5 Å². The number of benzene rings is 1. The number of nitrogens with one attached hydrogen (secondary N) is 1. The Bertz CT molecular complexity index is 1550. The van der Waals surface area contributed by atoms with E-state index in [9.17, 15) is 4.79 Å². The second kappa shape index (κ2) is 12.1. The Hall–Kier alpha value is -3.89. The number of nitrogens with zero attached hydrogens (tertiary/aromatic N) is 7. The van der Waals surface area contributed by atoms with Gasteiger partial charge in [-0.3, -0.25) is 9.69 Å². The van der Waals surface area contributed by atoms with E-state index >= 15 is 4.39 Å². The molecule has 9 nitrogen and oxygen atoms in total. The van der Waals surface area contributed by atoms with Gasteiger partial charge in [0.2, 0.25) is 5.95 Å². The number of rotatable bonds is 8. The topological polar surface area (TPSA) is 82.4 Å². The van der Waals surface area contributed by atoms with Gasteiger partial charge in [0.05, 0.1) is 6.20 Å². The maximum Gasteiger partial charge on any atom is 0.270 e. The number of anilines is 2. The maximum absolute atomic E-state index is 15.0. The molecular weight excluding hydrogens is 531 g/mol. The highest BCUT2D eigenvalue weighted by atomic mass is 19.1. The van der Waals surface area contributed by atoms with Gasteiger partial charge in [-0.2, -0.15) is 0 Å². The van der Waals surface area contributed by atoms with Crippen molar-refractivity contribution in [1.82, 2.24) is 34.2 Å². The van der Waals surface area contributed by atoms with Gasteiger partial charge in [-0.1, -0.05) is 31.9 Å². The highest BCUT2D eigenvalue weighted by Gasteiger charge is 2.26. The van der Waals surface area contributed by atoms with Crippen LogP contribution in [0.5, 0.6) is 0 Å². The number of hydrogen-bond donors (Lipinski definition) is 1. The molecule has 10 heteroatoms. The highest BCUT2D eigenvalue weighted by Crippen LogP contribution is 2.36. The monoisotopic (exact) mass is 570 g/mol. The fraction of sp³-hybridized carbons (Fsp3) is 0.438. The lowest BCUT2D eigenvalue weighted by Crippen LogP contribution is -2.45. The van der Waals surface area contributed by atoms with Crippen molar-refractivity contribution in [3.05, 3.63) is 65.9 Å². The van der Waals surface area contributed by atoms with E-state index in [1.807, 2.05) is 36.5 Å². The number of halogens is 1. The first-order chi connectivity index (χ1) is 20.4. The number of hydrogen-bond acceptors (Lipinski definition) is 7. The largest absolute Gasteiger partial charge is 0.343 e. The van der Waals surface area contributed by atoms with Crippen molar-refractivity contribution in [3.8, 4) is 11.3 Å². The predicted molar refractivity (Wildman–Crippen MR) is 163 cm³/mol. The highest BCUT2D eigenvalue weighted by molar-refractivity contribution is 5.99. The van der Waals surface area contributed by atoms with Gasteiger partial charge in [0.1, 0.15) is 17.2 Å². The fourth-order valence-corrected chi connectivity index (χ4v) is 6.19. The van der Waals surface area contributed by atoms with Crippen molar-refractivity contribution >= 4 is 28.6 Å². The Morgan fingerprint density at radius 2 is 1.76 bits per heavy atom. The summed E-state index contributed by atoms with van der Waals surface area (Å²) in [5.74, 6) is 0.334. The molecule has 1 saturated heterocycles. The molecule has 2 fully saturated rings. The van der Waals surface area contributed by atoms with Gasteiger partial charge in [-0.05, 0) is 49.2 Å². The quantitative estimate of drug-likeness (QED) is 0.307. The smallest absolute Gasteiger partial charge is 0.270 e. The molecule has 6 rings (SSSR count). The third-order valence-electron chi connectivity index (χ3n) is 8.55. The van der Waals surface area contributed by atoms with Crippen molar-refractivity contribution in [1.29, 1.82) is 0 Å². The molecule has 4 aromatic rings. The minimum absolute atomic E-state index is 0.0306. The molecule has 1 aromatic carbocycles. The second-order valence-electron chi connectivity index (χ2n) is 11.6. The molecule has 3 aromatic heterocycles. The molecule has 1 amide bonds. The average Bonchev–Trinajstić information content (AvgIpc) is 3.67. The predicted octanol–water partition coefficient (Wildman–Crippen LogP) is 5.33. The summed E-state index contributed by atoms with van der Waals surface area (Å²) in [6, 6.07) is 12.0. The minimum Gasteiger partial charge on any atom is -0.343 e. The number of carbonyl (C=O) groups is 1. The Kier molecular flexibility index (Phi) is 8.17. The number of pyridine rings is 1. The van der Waals surface area contributed by atoms with Crippen LogP contribution in [-0.2, 0) is 6.54 Å². The van der Waals surface area contributed by atoms with Crippen LogP contribution in [0.15, 0.2) is 48.8 Å². The van der Waals surface area contributed by atoms with Gasteiger partial charge in [0, 0.05) is 75.5 Å². The van der Waals surface area contributed by atoms with Crippen LogP contribution in [0.25, 0.3) is 22.2 Å². The van der Waals surface area contributed by atoms with Gasteiger partial charge in [-0.15, -0.1) is 0 Å². The van der Waals surface area contributed by atoms with Gasteiger partial charge in [0.15, 0.2) is 5.82 Å². The summed E-state index contributed by atoms with van der Waals surface area (Å²) in [6.07, 6.45) is 7.49. The first-order valence-corrected chi connectivity index (χ1v) is 15.0. The third-order valence-corrected chi connectivity index (χ3v) is 8.55. The lowest BCUT2D eigenvalue weighted by atomic mass is 10.1. The molecule has 1 aliphatic heterocycles. The maximum atomic E-state index is 15.0. The number of carbonyl (C=O) groups excluding carboxylic acids is 1. The molecule has 0 spiro atoms. The third kappa shape index (κ3) is 5.87. The molecule has 0 unspecified atom stereocenters. The van der Waals surface area contributed by atoms with Crippen LogP contribution < -0.4 is 5.32 Å². The standard InChI is InChI=1S/C32H39FN8O/c1-4-39-13-15-40(16-14-39)21-22-9-12-29(34-19-22)36-32-35-20-26(33)30(37-32)23-10-11-27-24(17-23)18-28(31(42)38(2)3)41(27)25-7-5-6-8-25/h9-12,17-20,25H,4-8,13-16,21H2,1-3H3,(H,34,35,36,37). The number of amides is 1. The molecule has 4 heterocycles. The van der Waals surface area contributed by atoms with Crippen LogP contribution in [-0.4, -0.2) is 86.9 Å². The van der Waals surface area contributed by atoms with E-state index in [2.05, 4.69) is 47.6 Å². The van der Waals surface area contributed by atoms with Crippen LogP contribution >= 0.6 is 0 Å². The lowest BCUT2D eigenvalue weighted by Gasteiger charge is -2.33. The summed E-state index contributed by atoms with van der Waals surface area (Å²) >= 11 is 0. The summed E-state index contributed by atoms with van der Waals surface area (Å²) in [5.41, 5.74) is 3.63. The van der Waals surface area contributed by atoms with Crippen LogP contribution in [0, 0.1) is 5.82 Å². The Morgan fingerprint density at radius 1 is 1.00 bits per heavy atom. The van der Waals surface area contributed by atoms with E-state index in [0.717, 1.165) is 81.4 Å². The number of likely N-dealkylation sites (N-methyl/N-ethyl adjacent to an activating group) is 1. The first-order valence-electron chi connectivity index (χ1n) is 15.0. The molecule has 2 aliphatic rings. The van der Waals surface area contributed by atoms with Gasteiger partial charge in [0.25, 0.3) is 5.91 Å². The van der Waals surface area contributed by atoms with E-state index < -0.39 is 5.82 Å². The molecule has 0 radical (unpaired) electrons. The Morgan fingerprint density at radius 3 is 2.45 bits per heavy atom. The summed E-state index contributed by atoms with van der Waals surface area (Å²) in [6.45, 7) is 8.50. The molecule has 0 bridgehead atoms. The zero-order chi connectivity index (χ0) is 29.2. The fourth-order valence-electron chi connectivity index (χ4n) is 6.19. The normalized spacial score (nSPS) is 16.8. The van der Waals surface area contributed by atoms with Crippen molar-refractivity contribution in [2.45, 2.75) is 45.2 Å². The summed E-state index contributed by atoms with van der Waals surface area (Å²) in [5, 5.41) is 4.02. The van der Waals surface area contributed by atoms with Gasteiger partial charge < -0.3 is 19.7 Å². The van der Waals surface area contributed by atoms with Gasteiger partial charge >= 0.3 is 0 Å². The van der Waals surface area contributed by atoms with Crippen molar-refractivity contribution in [2.24, 2.45) is 0 Å². The molecule has 1 N–H and O–H groups in total. The van der Waals surface area contributed by atoms with Crippen LogP contribution in [0.2, 0.25) is 0 Å². The second-order valence-corrected chi connectivity index (χ2v) is 11.6. The summed E-state index contributed by atoms with van der Waals surface area (Å²) < 4.78 is 17.2. The Labute approximate surface area is 246 Å². The van der Waals surface area contributed by atoms with Crippen molar-refractivity contribution in [2.75, 3.05) is 52.1 Å². The molecule has 1 aliphatic carbocycles. The zero-order valence-corrected chi connectivity index (χ0v) is 24.7. The van der Waals surface area contributed by atoms with Gasteiger partial charge in [-0.25, -0.2) is 19.3 Å². The first kappa shape index (κ1) is 28.2. The average molecular weight is 571 g/mol. The van der Waals surface area contributed by atoms with Crippen molar-refractivity contribution < 1.29 is 9.18 Å². The van der Waals surface area contributed by atoms with E-state index in [4.69, 9.17) is 0 Å². The van der Waals surface area contributed by atoms with E-state index in [0.29, 0.717) is 23.1 Å². The van der Waals surface area contributed by atoms with Crippen LogP contribution in [0.3, 0.4) is 0 Å². The molecule has 0 atom stereocenters. The zero-order valence-electron chi connectivity index (χ0n) is 24.7. The van der Waals surface area contributed by atoms with E-state index in [1.165, 1.54) is 6.20 Å². The molecule has 1 saturated carbocycles. The van der Waals surface area contributed by atoms with E-state index in [1.54, 1.807) is 19.0 Å². The molecular formula is C32H39FN8O. The van der Waals surface area contributed by atoms with Crippen LogP contribution in [0.4, 0.5) is 16.2 Å². The Balaban J connectivity index is 1.22. The number of aromatic nitrogens is 4. The van der Waals surface area contributed by atoms with Crippen molar-refractivity contribution in [3.63, 3.8) is 0 Å². The number of piperazine rings is 1. The SMILES string of the molecule is CCN1CCN(Cc2ccc(Nc3ncc(F)c(-c4ccc5c(c4)cc(C(=O)N(C)C)n5C4CCCC4)n3)nc2)CC1. The summed E-state index contributed by atoms with van der Waals surface area (Å²) in [4.78, 5) is 32.8. The number of fused-ring (bicyclic) bond motifs is 1.